The summed E-state index contributed by atoms with van der Waals surface area (Å²) in [6, 6.07) is 5.94. The number of fused-ring (bicyclic) bond motifs is 1. The fourth-order valence-electron chi connectivity index (χ4n) is 2.30. The minimum absolute atomic E-state index is 0.567. The predicted molar refractivity (Wildman–Crippen MR) is 75.5 cm³/mol. The van der Waals surface area contributed by atoms with Crippen LogP contribution >= 0.6 is 0 Å². The number of nitrogens with two attached hydrogens (primary N) is 1. The van der Waals surface area contributed by atoms with Crippen LogP contribution in [0.15, 0.2) is 30.6 Å². The number of aromatic amines is 1. The topological polar surface area (TPSA) is 80.5 Å². The molecule has 3 rings (SSSR count). The molecule has 0 amide bonds. The number of nitrogen functional groups attached to an aromatic ring is 1. The number of benzene rings is 1. The molecule has 19 heavy (non-hydrogen) atoms. The largest absolute Gasteiger partial charge is 0.382 e. The van der Waals surface area contributed by atoms with Gasteiger partial charge in [-0.15, -0.1) is 0 Å². The number of anilines is 1. The first-order valence-corrected chi connectivity index (χ1v) is 6.34. The van der Waals surface area contributed by atoms with Gasteiger partial charge in [0.05, 0.1) is 16.7 Å². The Kier molecular flexibility index (Phi) is 2.87. The van der Waals surface area contributed by atoms with E-state index in [1.165, 1.54) is 0 Å². The molecule has 0 spiro atoms. The molecule has 2 aromatic heterocycles. The normalized spacial score (nSPS) is 11.0. The third kappa shape index (κ3) is 1.93. The summed E-state index contributed by atoms with van der Waals surface area (Å²) >= 11 is 0. The number of rotatable bonds is 3. The molecule has 0 unspecified atom stereocenters. The number of nitrogens with one attached hydrogen (secondary N) is 1. The maximum Gasteiger partial charge on any atom is 0.149 e. The predicted octanol–water partition coefficient (Wildman–Crippen LogP) is 2.55. The lowest BCUT2D eigenvalue weighted by molar-refractivity contribution is 0.927. The number of aromatic nitrogens is 4. The Morgan fingerprint density at radius 3 is 2.89 bits per heavy atom. The molecule has 0 radical (unpaired) electrons. The van der Waals surface area contributed by atoms with Crippen molar-refractivity contribution in [1.82, 2.24) is 20.2 Å². The molecule has 0 aliphatic carbocycles. The summed E-state index contributed by atoms with van der Waals surface area (Å²) in [4.78, 5) is 8.74. The Labute approximate surface area is 110 Å². The smallest absolute Gasteiger partial charge is 0.149 e. The van der Waals surface area contributed by atoms with Gasteiger partial charge in [0.1, 0.15) is 5.82 Å². The Balaban J connectivity index is 2.25. The van der Waals surface area contributed by atoms with Gasteiger partial charge in [0, 0.05) is 23.5 Å². The molecule has 0 atom stereocenters. The van der Waals surface area contributed by atoms with Gasteiger partial charge in [-0.2, -0.15) is 5.10 Å². The number of H-pyrrole nitrogens is 1. The van der Waals surface area contributed by atoms with Gasteiger partial charge in [0.2, 0.25) is 0 Å². The fraction of sp³-hybridized carbons (Fsp3) is 0.214. The third-order valence-electron chi connectivity index (χ3n) is 3.17. The molecule has 5 heteroatoms. The molecule has 96 valence electrons. The van der Waals surface area contributed by atoms with Gasteiger partial charge in [-0.3, -0.25) is 15.1 Å². The van der Waals surface area contributed by atoms with Crippen molar-refractivity contribution < 1.29 is 0 Å². The van der Waals surface area contributed by atoms with Crippen LogP contribution in [0, 0.1) is 0 Å². The van der Waals surface area contributed by atoms with Gasteiger partial charge >= 0.3 is 0 Å². The van der Waals surface area contributed by atoms with E-state index in [1.54, 1.807) is 12.4 Å². The van der Waals surface area contributed by atoms with Gasteiger partial charge in [-0.1, -0.05) is 25.5 Å². The van der Waals surface area contributed by atoms with Crippen molar-refractivity contribution >= 4 is 16.9 Å². The van der Waals surface area contributed by atoms with Crippen LogP contribution < -0.4 is 5.73 Å². The Hall–Kier alpha value is -2.43. The van der Waals surface area contributed by atoms with E-state index in [-0.39, 0.29) is 0 Å². The standard InChI is InChI=1S/C14H15N5/c1-2-4-10-12(18-19-14(10)15)9-5-3-6-11-13(9)17-8-7-16-11/h3,5-8H,2,4H2,1H3,(H3,15,18,19). The highest BCUT2D eigenvalue weighted by Crippen LogP contribution is 2.30. The average Bonchev–Trinajstić information content (AvgIpc) is 2.80. The Bertz CT molecular complexity index is 711. The number of hydrogen-bond acceptors (Lipinski definition) is 4. The minimum Gasteiger partial charge on any atom is -0.382 e. The number of hydrogen-bond donors (Lipinski definition) is 2. The first kappa shape index (κ1) is 11.6. The second kappa shape index (κ2) is 4.68. The third-order valence-corrected chi connectivity index (χ3v) is 3.17. The van der Waals surface area contributed by atoms with E-state index < -0.39 is 0 Å². The molecule has 0 bridgehead atoms. The van der Waals surface area contributed by atoms with Crippen LogP contribution in [-0.2, 0) is 6.42 Å². The average molecular weight is 253 g/mol. The molecule has 3 aromatic rings. The number of nitrogens with zero attached hydrogens (tertiary/aromatic N) is 3. The van der Waals surface area contributed by atoms with Crippen LogP contribution in [0.3, 0.4) is 0 Å². The van der Waals surface area contributed by atoms with Gasteiger partial charge in [0.25, 0.3) is 0 Å². The van der Waals surface area contributed by atoms with Gasteiger partial charge in [-0.25, -0.2) is 0 Å². The lowest BCUT2D eigenvalue weighted by Crippen LogP contribution is -1.94. The van der Waals surface area contributed by atoms with E-state index >= 15 is 0 Å². The Morgan fingerprint density at radius 2 is 2.05 bits per heavy atom. The molecule has 0 aliphatic heterocycles. The summed E-state index contributed by atoms with van der Waals surface area (Å²) in [5, 5.41) is 7.15. The lowest BCUT2D eigenvalue weighted by Gasteiger charge is -2.05. The molecule has 1 aromatic carbocycles. The van der Waals surface area contributed by atoms with Crippen molar-refractivity contribution in [2.75, 3.05) is 5.73 Å². The summed E-state index contributed by atoms with van der Waals surface area (Å²) < 4.78 is 0. The van der Waals surface area contributed by atoms with Gasteiger partial charge in [0.15, 0.2) is 0 Å². The zero-order chi connectivity index (χ0) is 13.2. The van der Waals surface area contributed by atoms with Crippen molar-refractivity contribution in [2.24, 2.45) is 0 Å². The van der Waals surface area contributed by atoms with Crippen LogP contribution in [-0.4, -0.2) is 20.2 Å². The maximum atomic E-state index is 5.93. The first-order chi connectivity index (χ1) is 9.31. The molecule has 0 fully saturated rings. The van der Waals surface area contributed by atoms with E-state index in [4.69, 9.17) is 5.73 Å². The van der Waals surface area contributed by atoms with Crippen LogP contribution in [0.1, 0.15) is 18.9 Å². The van der Waals surface area contributed by atoms with Crippen LogP contribution in [0.2, 0.25) is 0 Å². The quantitative estimate of drug-likeness (QED) is 0.751. The van der Waals surface area contributed by atoms with Gasteiger partial charge < -0.3 is 5.73 Å². The van der Waals surface area contributed by atoms with Crippen LogP contribution in [0.25, 0.3) is 22.3 Å². The van der Waals surface area contributed by atoms with E-state index in [0.29, 0.717) is 5.82 Å². The van der Waals surface area contributed by atoms with Gasteiger partial charge in [-0.05, 0) is 12.5 Å². The van der Waals surface area contributed by atoms with E-state index in [0.717, 1.165) is 40.7 Å². The zero-order valence-electron chi connectivity index (χ0n) is 10.7. The van der Waals surface area contributed by atoms with E-state index in [9.17, 15) is 0 Å². The summed E-state index contributed by atoms with van der Waals surface area (Å²) in [5.74, 6) is 0.567. The highest BCUT2D eigenvalue weighted by molar-refractivity contribution is 5.91. The second-order valence-electron chi connectivity index (χ2n) is 4.44. The SMILES string of the molecule is CCCc1c(N)n[nH]c1-c1cccc2nccnc12. The van der Waals surface area contributed by atoms with Crippen molar-refractivity contribution in [3.63, 3.8) is 0 Å². The first-order valence-electron chi connectivity index (χ1n) is 6.34. The summed E-state index contributed by atoms with van der Waals surface area (Å²) in [5.41, 5.74) is 10.7. The summed E-state index contributed by atoms with van der Waals surface area (Å²) in [6.45, 7) is 2.12. The molecular weight excluding hydrogens is 238 g/mol. The van der Waals surface area contributed by atoms with Crippen LogP contribution in [0.4, 0.5) is 5.82 Å². The molecular formula is C14H15N5. The fourth-order valence-corrected chi connectivity index (χ4v) is 2.30. The van der Waals surface area contributed by atoms with Crippen molar-refractivity contribution in [3.8, 4) is 11.3 Å². The highest BCUT2D eigenvalue weighted by atomic mass is 15.2. The maximum absolute atomic E-state index is 5.93. The molecule has 3 N–H and O–H groups in total. The molecule has 0 aliphatic rings. The van der Waals surface area contributed by atoms with Crippen molar-refractivity contribution in [1.29, 1.82) is 0 Å². The van der Waals surface area contributed by atoms with Crippen molar-refractivity contribution in [3.05, 3.63) is 36.2 Å². The summed E-state index contributed by atoms with van der Waals surface area (Å²) in [7, 11) is 0. The summed E-state index contributed by atoms with van der Waals surface area (Å²) in [6.07, 6.45) is 5.31. The van der Waals surface area contributed by atoms with Crippen LogP contribution in [0.5, 0.6) is 0 Å². The minimum atomic E-state index is 0.567. The number of para-hydroxylation sites is 1. The molecule has 2 heterocycles. The Morgan fingerprint density at radius 1 is 1.21 bits per heavy atom. The van der Waals surface area contributed by atoms with E-state index in [1.807, 2.05) is 18.2 Å². The highest BCUT2D eigenvalue weighted by Gasteiger charge is 2.14. The van der Waals surface area contributed by atoms with E-state index in [2.05, 4.69) is 27.1 Å². The second-order valence-corrected chi connectivity index (χ2v) is 4.44. The zero-order valence-corrected chi connectivity index (χ0v) is 10.7. The van der Waals surface area contributed by atoms with Crippen molar-refractivity contribution in [2.45, 2.75) is 19.8 Å². The lowest BCUT2D eigenvalue weighted by atomic mass is 10.0. The molecule has 0 saturated carbocycles. The molecule has 5 nitrogen and oxygen atoms in total. The monoisotopic (exact) mass is 253 g/mol. The molecule has 0 saturated heterocycles.